The van der Waals surface area contributed by atoms with Gasteiger partial charge in [0.2, 0.25) is 5.91 Å². The topological polar surface area (TPSA) is 94.6 Å². The van der Waals surface area contributed by atoms with Crippen LogP contribution in [0.1, 0.15) is 47.6 Å². The minimum absolute atomic E-state index is 0.0361. The first-order valence-corrected chi connectivity index (χ1v) is 7.21. The van der Waals surface area contributed by atoms with Crippen LogP contribution in [0.2, 0.25) is 0 Å². The van der Waals surface area contributed by atoms with Crippen LogP contribution in [0.4, 0.5) is 0 Å². The summed E-state index contributed by atoms with van der Waals surface area (Å²) in [5.41, 5.74) is 6.34. The summed E-state index contributed by atoms with van der Waals surface area (Å²) in [4.78, 5) is 23.4. The molecule has 2 rings (SSSR count). The molecular formula is C15H22N2O4. The predicted octanol–water partition coefficient (Wildman–Crippen LogP) is 1.51. The van der Waals surface area contributed by atoms with Crippen LogP contribution in [0.15, 0.2) is 10.5 Å². The Morgan fingerprint density at radius 2 is 2.24 bits per heavy atom. The Morgan fingerprint density at radius 3 is 2.86 bits per heavy atom. The number of methoxy groups -OCH3 is 1. The molecule has 6 heteroatoms. The molecule has 1 fully saturated rings. The zero-order valence-corrected chi connectivity index (χ0v) is 12.5. The molecule has 116 valence electrons. The standard InChI is InChI=1S/C15H22N2O4/c1-9-12(15(19)20-2)7-11(21-9)8-17-14(18)6-10-4-3-5-13(10)16/h7,10,13H,3-6,8,16H2,1-2H3,(H,17,18)/t10-,13+/m0/s1. The lowest BCUT2D eigenvalue weighted by atomic mass is 10.00. The van der Waals surface area contributed by atoms with E-state index < -0.39 is 5.97 Å². The fourth-order valence-corrected chi connectivity index (χ4v) is 2.76. The minimum Gasteiger partial charge on any atom is -0.465 e. The van der Waals surface area contributed by atoms with Crippen molar-refractivity contribution in [3.63, 3.8) is 0 Å². The second-order valence-electron chi connectivity index (χ2n) is 5.51. The van der Waals surface area contributed by atoms with Crippen LogP contribution < -0.4 is 11.1 Å². The van der Waals surface area contributed by atoms with Crippen molar-refractivity contribution in [2.75, 3.05) is 7.11 Å². The summed E-state index contributed by atoms with van der Waals surface area (Å²) in [6.07, 6.45) is 3.56. The third-order valence-corrected chi connectivity index (χ3v) is 4.00. The van der Waals surface area contributed by atoms with Gasteiger partial charge in [-0.3, -0.25) is 4.79 Å². The third kappa shape index (κ3) is 3.85. The molecule has 1 aromatic heterocycles. The van der Waals surface area contributed by atoms with E-state index in [0.29, 0.717) is 23.5 Å². The van der Waals surface area contributed by atoms with Crippen LogP contribution in [0, 0.1) is 12.8 Å². The molecule has 0 spiro atoms. The lowest BCUT2D eigenvalue weighted by Gasteiger charge is -2.14. The molecule has 0 saturated heterocycles. The highest BCUT2D eigenvalue weighted by Crippen LogP contribution is 2.26. The van der Waals surface area contributed by atoms with Gasteiger partial charge in [0.1, 0.15) is 17.1 Å². The second kappa shape index (κ2) is 6.76. The molecule has 1 aliphatic carbocycles. The van der Waals surface area contributed by atoms with Gasteiger partial charge in [-0.15, -0.1) is 0 Å². The molecule has 0 aliphatic heterocycles. The van der Waals surface area contributed by atoms with Crippen LogP contribution in [0.25, 0.3) is 0 Å². The SMILES string of the molecule is COC(=O)c1cc(CNC(=O)C[C@@H]2CCC[C@H]2N)oc1C. The Bertz CT molecular complexity index is 524. The zero-order chi connectivity index (χ0) is 15.4. The highest BCUT2D eigenvalue weighted by atomic mass is 16.5. The van der Waals surface area contributed by atoms with Gasteiger partial charge in [0.15, 0.2) is 0 Å². The van der Waals surface area contributed by atoms with Crippen LogP contribution >= 0.6 is 0 Å². The van der Waals surface area contributed by atoms with Gasteiger partial charge in [0.05, 0.1) is 13.7 Å². The highest BCUT2D eigenvalue weighted by molar-refractivity contribution is 5.90. The number of aryl methyl sites for hydroxylation is 1. The lowest BCUT2D eigenvalue weighted by molar-refractivity contribution is -0.122. The van der Waals surface area contributed by atoms with Crippen molar-refractivity contribution in [3.8, 4) is 0 Å². The fourth-order valence-electron chi connectivity index (χ4n) is 2.76. The third-order valence-electron chi connectivity index (χ3n) is 4.00. The average Bonchev–Trinajstić information content (AvgIpc) is 3.02. The van der Waals surface area contributed by atoms with Gasteiger partial charge >= 0.3 is 5.97 Å². The number of hydrogen-bond acceptors (Lipinski definition) is 5. The van der Waals surface area contributed by atoms with Gasteiger partial charge in [-0.2, -0.15) is 0 Å². The number of furan rings is 1. The number of carbonyl (C=O) groups is 2. The number of esters is 1. The van der Waals surface area contributed by atoms with Crippen molar-refractivity contribution in [1.82, 2.24) is 5.32 Å². The van der Waals surface area contributed by atoms with Crippen LogP contribution in [0.3, 0.4) is 0 Å². The normalized spacial score (nSPS) is 21.3. The summed E-state index contributed by atoms with van der Waals surface area (Å²) >= 11 is 0. The van der Waals surface area contributed by atoms with Crippen molar-refractivity contribution in [2.45, 2.75) is 45.2 Å². The number of ether oxygens (including phenoxy) is 1. The summed E-state index contributed by atoms with van der Waals surface area (Å²) in [7, 11) is 1.32. The smallest absolute Gasteiger partial charge is 0.341 e. The number of hydrogen-bond donors (Lipinski definition) is 2. The van der Waals surface area contributed by atoms with E-state index in [4.69, 9.17) is 10.2 Å². The quantitative estimate of drug-likeness (QED) is 0.803. The first-order valence-electron chi connectivity index (χ1n) is 7.21. The molecule has 6 nitrogen and oxygen atoms in total. The molecule has 2 atom stereocenters. The Labute approximate surface area is 124 Å². The summed E-state index contributed by atoms with van der Waals surface area (Å²) in [6, 6.07) is 1.73. The summed E-state index contributed by atoms with van der Waals surface area (Å²) in [5.74, 6) is 0.826. The number of nitrogens with one attached hydrogen (secondary N) is 1. The fraction of sp³-hybridized carbons (Fsp3) is 0.600. The Kier molecular flexibility index (Phi) is 5.01. The molecule has 1 amide bonds. The Hall–Kier alpha value is -1.82. The summed E-state index contributed by atoms with van der Waals surface area (Å²) < 4.78 is 10.1. The molecule has 0 radical (unpaired) electrons. The maximum absolute atomic E-state index is 11.9. The van der Waals surface area contributed by atoms with Crippen LogP contribution in [-0.4, -0.2) is 25.0 Å². The van der Waals surface area contributed by atoms with Gasteiger partial charge in [-0.25, -0.2) is 4.79 Å². The number of amides is 1. The van der Waals surface area contributed by atoms with Crippen molar-refractivity contribution >= 4 is 11.9 Å². The van der Waals surface area contributed by atoms with Gasteiger partial charge in [-0.05, 0) is 31.7 Å². The predicted molar refractivity (Wildman–Crippen MR) is 76.6 cm³/mol. The number of rotatable bonds is 5. The maximum atomic E-state index is 11.9. The highest BCUT2D eigenvalue weighted by Gasteiger charge is 2.26. The maximum Gasteiger partial charge on any atom is 0.341 e. The molecule has 1 aliphatic rings. The van der Waals surface area contributed by atoms with Crippen molar-refractivity contribution < 1.29 is 18.7 Å². The van der Waals surface area contributed by atoms with Gasteiger partial charge in [0, 0.05) is 12.5 Å². The monoisotopic (exact) mass is 294 g/mol. The summed E-state index contributed by atoms with van der Waals surface area (Å²) in [6.45, 7) is 1.95. The number of carbonyl (C=O) groups excluding carboxylic acids is 2. The van der Waals surface area contributed by atoms with Crippen LogP contribution in [-0.2, 0) is 16.1 Å². The Balaban J connectivity index is 1.85. The van der Waals surface area contributed by atoms with E-state index in [9.17, 15) is 9.59 Å². The van der Waals surface area contributed by atoms with Crippen molar-refractivity contribution in [2.24, 2.45) is 11.7 Å². The van der Waals surface area contributed by atoms with E-state index in [2.05, 4.69) is 10.1 Å². The first kappa shape index (κ1) is 15.6. The van der Waals surface area contributed by atoms with Crippen LogP contribution in [0.5, 0.6) is 0 Å². The van der Waals surface area contributed by atoms with E-state index in [1.165, 1.54) is 7.11 Å². The molecule has 0 unspecified atom stereocenters. The molecule has 0 bridgehead atoms. The molecule has 3 N–H and O–H groups in total. The van der Waals surface area contributed by atoms with Crippen molar-refractivity contribution in [3.05, 3.63) is 23.2 Å². The van der Waals surface area contributed by atoms with E-state index >= 15 is 0 Å². The van der Waals surface area contributed by atoms with Gasteiger partial charge < -0.3 is 20.2 Å². The minimum atomic E-state index is -0.439. The number of nitrogens with two attached hydrogens (primary N) is 1. The van der Waals surface area contributed by atoms with E-state index in [-0.39, 0.29) is 24.4 Å². The molecular weight excluding hydrogens is 272 g/mol. The van der Waals surface area contributed by atoms with E-state index in [1.807, 2.05) is 0 Å². The largest absolute Gasteiger partial charge is 0.465 e. The Morgan fingerprint density at radius 1 is 1.48 bits per heavy atom. The lowest BCUT2D eigenvalue weighted by Crippen LogP contribution is -2.31. The second-order valence-corrected chi connectivity index (χ2v) is 5.51. The van der Waals surface area contributed by atoms with E-state index in [0.717, 1.165) is 19.3 Å². The zero-order valence-electron chi connectivity index (χ0n) is 12.5. The molecule has 1 saturated carbocycles. The molecule has 1 heterocycles. The molecule has 1 aromatic rings. The molecule has 0 aromatic carbocycles. The average molecular weight is 294 g/mol. The molecule has 21 heavy (non-hydrogen) atoms. The van der Waals surface area contributed by atoms with Crippen molar-refractivity contribution in [1.29, 1.82) is 0 Å². The van der Waals surface area contributed by atoms with E-state index in [1.54, 1.807) is 13.0 Å². The van der Waals surface area contributed by atoms with Gasteiger partial charge in [0.25, 0.3) is 0 Å². The first-order chi connectivity index (χ1) is 10.0. The summed E-state index contributed by atoms with van der Waals surface area (Å²) in [5, 5.41) is 2.80. The van der Waals surface area contributed by atoms with Gasteiger partial charge in [-0.1, -0.05) is 6.42 Å².